The van der Waals surface area contributed by atoms with Gasteiger partial charge in [0.1, 0.15) is 12.4 Å². The molecule has 1 atom stereocenters. The zero-order valence-electron chi connectivity index (χ0n) is 23.1. The molecular formula is C34H23Br2N3O4S. The molecule has 2 heterocycles. The number of nitro benzene ring substituents is 1. The van der Waals surface area contributed by atoms with E-state index < -0.39 is 4.92 Å². The third kappa shape index (κ3) is 5.38. The molecule has 7 rings (SSSR count). The molecule has 0 saturated heterocycles. The number of allylic oxidation sites excluding steroid dienone is 1. The molecule has 4 aromatic carbocycles. The molecule has 0 N–H and O–H groups in total. The molecule has 0 saturated carbocycles. The van der Waals surface area contributed by atoms with Crippen molar-refractivity contribution >= 4 is 60.7 Å². The van der Waals surface area contributed by atoms with Crippen molar-refractivity contribution in [2.75, 3.05) is 0 Å². The molecule has 44 heavy (non-hydrogen) atoms. The summed E-state index contributed by atoms with van der Waals surface area (Å²) in [7, 11) is 0. The summed E-state index contributed by atoms with van der Waals surface area (Å²) >= 11 is 8.48. The zero-order chi connectivity index (χ0) is 30.4. The molecule has 0 bridgehead atoms. The topological polar surface area (TPSA) is 86.7 Å². The van der Waals surface area contributed by atoms with Gasteiger partial charge in [-0.25, -0.2) is 4.99 Å². The Morgan fingerprint density at radius 3 is 2.50 bits per heavy atom. The molecule has 7 nitrogen and oxygen atoms in total. The minimum Gasteiger partial charge on any atom is -0.488 e. The van der Waals surface area contributed by atoms with Gasteiger partial charge in [-0.15, -0.1) is 0 Å². The average Bonchev–Trinajstić information content (AvgIpc) is 3.34. The Morgan fingerprint density at radius 1 is 0.977 bits per heavy atom. The van der Waals surface area contributed by atoms with Gasteiger partial charge in [-0.2, -0.15) is 0 Å². The van der Waals surface area contributed by atoms with Crippen LogP contribution in [0.2, 0.25) is 0 Å². The first-order valence-electron chi connectivity index (χ1n) is 13.9. The van der Waals surface area contributed by atoms with E-state index in [1.165, 1.54) is 29.0 Å². The van der Waals surface area contributed by atoms with Crippen LogP contribution in [-0.2, 0) is 13.0 Å². The van der Waals surface area contributed by atoms with Crippen LogP contribution in [0.25, 0.3) is 11.8 Å². The first-order valence-corrected chi connectivity index (χ1v) is 16.3. The van der Waals surface area contributed by atoms with Crippen molar-refractivity contribution < 1.29 is 9.66 Å². The third-order valence-corrected chi connectivity index (χ3v) is 9.86. The number of hydrogen-bond donors (Lipinski definition) is 0. The maximum atomic E-state index is 14.2. The Bertz CT molecular complexity index is 2150. The van der Waals surface area contributed by atoms with E-state index in [2.05, 4.69) is 62.2 Å². The van der Waals surface area contributed by atoms with Crippen LogP contribution in [0.3, 0.4) is 0 Å². The van der Waals surface area contributed by atoms with Crippen LogP contribution in [-0.4, -0.2) is 9.49 Å². The fraction of sp³-hybridized carbons (Fsp3) is 0.118. The van der Waals surface area contributed by atoms with Crippen LogP contribution in [0.4, 0.5) is 5.69 Å². The zero-order valence-corrected chi connectivity index (χ0v) is 27.1. The highest BCUT2D eigenvalue weighted by Gasteiger charge is 2.32. The number of halogens is 2. The van der Waals surface area contributed by atoms with Gasteiger partial charge in [-0.1, -0.05) is 79.6 Å². The van der Waals surface area contributed by atoms with Crippen molar-refractivity contribution in [3.63, 3.8) is 0 Å². The number of benzene rings is 4. The first-order chi connectivity index (χ1) is 21.4. The summed E-state index contributed by atoms with van der Waals surface area (Å²) in [6.45, 7) is 0.220. The van der Waals surface area contributed by atoms with E-state index in [1.807, 2.05) is 47.0 Å². The molecule has 0 radical (unpaired) electrons. The third-order valence-electron chi connectivity index (χ3n) is 7.86. The summed E-state index contributed by atoms with van der Waals surface area (Å²) in [6, 6.07) is 28.2. The maximum Gasteiger partial charge on any atom is 0.271 e. The molecule has 1 aliphatic heterocycles. The Kier molecular flexibility index (Phi) is 7.65. The van der Waals surface area contributed by atoms with Crippen LogP contribution in [0.5, 0.6) is 5.75 Å². The summed E-state index contributed by atoms with van der Waals surface area (Å²) in [6.07, 6.45) is 3.58. The standard InChI is InChI=1S/C34H23Br2N3O4S/c35-24-10-7-22(8-11-24)32-28-15-9-21-3-1-2-4-27(21)31(28)37-34-38(32)33(40)30(44-34)18-23-17-25(36)12-16-29(23)43-19-20-5-13-26(14-6-20)39(41)42/h1-8,10-14,16-18,32H,9,15,19H2/b30-18+/t32-/m0/s1. The van der Waals surface area contributed by atoms with Crippen molar-refractivity contribution in [3.8, 4) is 5.75 Å². The molecule has 0 amide bonds. The lowest BCUT2D eigenvalue weighted by Gasteiger charge is -2.30. The molecular weight excluding hydrogens is 706 g/mol. The van der Waals surface area contributed by atoms with Crippen LogP contribution < -0.4 is 19.6 Å². The molecule has 1 aliphatic carbocycles. The smallest absolute Gasteiger partial charge is 0.271 e. The number of aryl methyl sites for hydroxylation is 1. The lowest BCUT2D eigenvalue weighted by molar-refractivity contribution is -0.384. The average molecular weight is 729 g/mol. The van der Waals surface area contributed by atoms with Crippen LogP contribution in [0.15, 0.2) is 115 Å². The number of nitrogens with zero attached hydrogens (tertiary/aromatic N) is 3. The Hall–Kier alpha value is -4.12. The second kappa shape index (κ2) is 11.8. The van der Waals surface area contributed by atoms with Gasteiger partial charge in [0.05, 0.1) is 21.2 Å². The number of aromatic nitrogens is 1. The summed E-state index contributed by atoms with van der Waals surface area (Å²) in [4.78, 5) is 30.5. The van der Waals surface area contributed by atoms with Crippen molar-refractivity contribution in [1.29, 1.82) is 0 Å². The van der Waals surface area contributed by atoms with E-state index in [4.69, 9.17) is 9.73 Å². The van der Waals surface area contributed by atoms with Crippen molar-refractivity contribution in [2.45, 2.75) is 25.5 Å². The Morgan fingerprint density at radius 2 is 1.73 bits per heavy atom. The van der Waals surface area contributed by atoms with Crippen molar-refractivity contribution in [3.05, 3.63) is 163 Å². The summed E-state index contributed by atoms with van der Waals surface area (Å²) in [5.41, 5.74) is 7.01. The van der Waals surface area contributed by atoms with Crippen LogP contribution in [0.1, 0.15) is 40.3 Å². The molecule has 218 valence electrons. The van der Waals surface area contributed by atoms with Gasteiger partial charge >= 0.3 is 0 Å². The predicted octanol–water partition coefficient (Wildman–Crippen LogP) is 7.33. The fourth-order valence-corrected chi connectivity index (χ4v) is 7.38. The summed E-state index contributed by atoms with van der Waals surface area (Å²) in [5.74, 6) is 0.593. The number of non-ortho nitro benzene ring substituents is 1. The van der Waals surface area contributed by atoms with Crippen LogP contribution >= 0.6 is 43.2 Å². The predicted molar refractivity (Wildman–Crippen MR) is 178 cm³/mol. The Labute approximate surface area is 272 Å². The number of fused-ring (bicyclic) bond motifs is 3. The molecule has 0 fully saturated rings. The van der Waals surface area contributed by atoms with E-state index in [0.717, 1.165) is 55.3 Å². The second-order valence-corrected chi connectivity index (χ2v) is 13.4. The summed E-state index contributed by atoms with van der Waals surface area (Å²) < 4.78 is 10.4. The minimum atomic E-state index is -0.427. The highest BCUT2D eigenvalue weighted by atomic mass is 79.9. The maximum absolute atomic E-state index is 14.2. The molecule has 10 heteroatoms. The van der Waals surface area contributed by atoms with Gasteiger partial charge in [0, 0.05) is 32.2 Å². The largest absolute Gasteiger partial charge is 0.488 e. The van der Waals surface area contributed by atoms with E-state index in [0.29, 0.717) is 15.1 Å². The van der Waals surface area contributed by atoms with Gasteiger partial charge in [0.25, 0.3) is 11.2 Å². The van der Waals surface area contributed by atoms with Gasteiger partial charge in [0.2, 0.25) is 0 Å². The molecule has 0 unspecified atom stereocenters. The SMILES string of the molecule is O=c1/c(=C\c2cc(Br)ccc2OCc2ccc([N+](=O)[O-])cc2)sc2n1[C@@H](c1ccc(Br)cc1)C1=C(N=2)c2ccccc2CC1. The van der Waals surface area contributed by atoms with E-state index in [9.17, 15) is 14.9 Å². The number of thiazole rings is 1. The lowest BCUT2D eigenvalue weighted by atomic mass is 9.83. The number of nitro groups is 1. The quantitative estimate of drug-likeness (QED) is 0.135. The van der Waals surface area contributed by atoms with Crippen LogP contribution in [0, 0.1) is 10.1 Å². The number of hydrogen-bond acceptors (Lipinski definition) is 6. The molecule has 5 aromatic rings. The molecule has 1 aromatic heterocycles. The molecule has 2 aliphatic rings. The summed E-state index contributed by atoms with van der Waals surface area (Å²) in [5, 5.41) is 11.0. The van der Waals surface area contributed by atoms with Gasteiger partial charge in [-0.05, 0) is 83.6 Å². The highest BCUT2D eigenvalue weighted by Crippen LogP contribution is 2.41. The van der Waals surface area contributed by atoms with Gasteiger partial charge in [0.15, 0.2) is 4.80 Å². The van der Waals surface area contributed by atoms with Crippen molar-refractivity contribution in [1.82, 2.24) is 4.57 Å². The van der Waals surface area contributed by atoms with E-state index >= 15 is 0 Å². The number of ether oxygens (including phenoxy) is 1. The fourth-order valence-electron chi connectivity index (χ4n) is 5.75. The Balaban J connectivity index is 1.33. The van der Waals surface area contributed by atoms with E-state index in [-0.39, 0.29) is 23.9 Å². The van der Waals surface area contributed by atoms with Gasteiger partial charge < -0.3 is 4.74 Å². The minimum absolute atomic E-state index is 0.0278. The second-order valence-electron chi connectivity index (χ2n) is 10.6. The molecule has 0 spiro atoms. The monoisotopic (exact) mass is 727 g/mol. The number of rotatable bonds is 6. The lowest BCUT2D eigenvalue weighted by Crippen LogP contribution is -2.38. The first kappa shape index (κ1) is 28.6. The normalized spacial score (nSPS) is 15.7. The van der Waals surface area contributed by atoms with Gasteiger partial charge in [-0.3, -0.25) is 19.5 Å². The van der Waals surface area contributed by atoms with E-state index in [1.54, 1.807) is 12.1 Å². The highest BCUT2D eigenvalue weighted by molar-refractivity contribution is 9.10. The van der Waals surface area contributed by atoms with Crippen molar-refractivity contribution in [2.24, 2.45) is 4.99 Å².